The lowest BCUT2D eigenvalue weighted by atomic mass is 9.92. The van der Waals surface area contributed by atoms with Crippen molar-refractivity contribution < 1.29 is 18.4 Å². The molecule has 6 rings (SSSR count). The molecule has 1 fully saturated rings. The van der Waals surface area contributed by atoms with Crippen LogP contribution in [0.5, 0.6) is 0 Å². The molecule has 3 N–H and O–H groups in total. The molecule has 238 valence electrons. The normalized spacial score (nSPS) is 14.8. The van der Waals surface area contributed by atoms with Gasteiger partial charge in [-0.05, 0) is 61.6 Å². The van der Waals surface area contributed by atoms with Crippen LogP contribution >= 0.6 is 0 Å². The zero-order valence-corrected chi connectivity index (χ0v) is 26.2. The number of fused-ring (bicyclic) bond motifs is 1. The zero-order chi connectivity index (χ0) is 32.2. The van der Waals surface area contributed by atoms with Crippen molar-refractivity contribution in [3.63, 3.8) is 0 Å². The monoisotopic (exact) mass is 623 g/mol. The van der Waals surface area contributed by atoms with Gasteiger partial charge in [0.25, 0.3) is 0 Å². The highest BCUT2D eigenvalue weighted by atomic mass is 19.1. The summed E-state index contributed by atoms with van der Waals surface area (Å²) in [5.41, 5.74) is 5.06. The van der Waals surface area contributed by atoms with Crippen molar-refractivity contribution in [2.24, 2.45) is 0 Å². The van der Waals surface area contributed by atoms with Gasteiger partial charge < -0.3 is 34.7 Å². The van der Waals surface area contributed by atoms with Crippen LogP contribution in [0.2, 0.25) is 0 Å². The van der Waals surface area contributed by atoms with Crippen molar-refractivity contribution in [2.45, 2.75) is 25.4 Å². The summed E-state index contributed by atoms with van der Waals surface area (Å²) in [5, 5.41) is 7.12. The van der Waals surface area contributed by atoms with Crippen LogP contribution in [-0.2, 0) is 11.3 Å². The minimum atomic E-state index is -0.850. The molecular weight excluding hydrogens is 585 g/mol. The lowest BCUT2D eigenvalue weighted by molar-refractivity contribution is -0.118. The summed E-state index contributed by atoms with van der Waals surface area (Å²) in [6.07, 6.45) is 4.78. The number of halogens is 1. The Bertz CT molecular complexity index is 1810. The standard InChI is InChI=1S/C35H38FN7O3/c1-23(29-19-38-30-10-5-4-9-27(29)30)33(34(44)39-26-8-6-7-24(17-26)21-41(2)3)40-35(45)43-15-13-42(14-16-43)31-12-11-25(36)18-28(31)32-20-37-22-46-32/h4-12,17-20,22-23,33,38H,13-16,21H2,1-3H3,(H,39,44)(H,40,45)/t23-,33+/m0/s1. The van der Waals surface area contributed by atoms with Crippen LogP contribution in [0.25, 0.3) is 22.2 Å². The maximum absolute atomic E-state index is 14.1. The summed E-state index contributed by atoms with van der Waals surface area (Å²) < 4.78 is 19.6. The Kier molecular flexibility index (Phi) is 9.02. The highest BCUT2D eigenvalue weighted by Crippen LogP contribution is 2.33. The predicted molar refractivity (Wildman–Crippen MR) is 177 cm³/mol. The van der Waals surface area contributed by atoms with Gasteiger partial charge in [0.05, 0.1) is 6.20 Å². The van der Waals surface area contributed by atoms with E-state index >= 15 is 0 Å². The molecule has 3 aromatic carbocycles. The summed E-state index contributed by atoms with van der Waals surface area (Å²) in [6.45, 7) is 4.57. The van der Waals surface area contributed by atoms with E-state index in [1.807, 2.05) is 75.7 Å². The van der Waals surface area contributed by atoms with Gasteiger partial charge in [-0.25, -0.2) is 14.2 Å². The van der Waals surface area contributed by atoms with Gasteiger partial charge in [-0.2, -0.15) is 0 Å². The topological polar surface area (TPSA) is 110 Å². The number of para-hydroxylation sites is 1. The van der Waals surface area contributed by atoms with Crippen LogP contribution in [0.15, 0.2) is 89.9 Å². The summed E-state index contributed by atoms with van der Waals surface area (Å²) in [4.78, 5) is 40.8. The first-order valence-corrected chi connectivity index (χ1v) is 15.4. The van der Waals surface area contributed by atoms with Crippen LogP contribution in [-0.4, -0.2) is 78.0 Å². The smallest absolute Gasteiger partial charge is 0.318 e. The average Bonchev–Trinajstić information content (AvgIpc) is 3.74. The van der Waals surface area contributed by atoms with E-state index in [2.05, 4.69) is 30.4 Å². The molecule has 0 aliphatic carbocycles. The van der Waals surface area contributed by atoms with Crippen molar-refractivity contribution in [1.82, 2.24) is 25.1 Å². The van der Waals surface area contributed by atoms with Crippen molar-refractivity contribution >= 4 is 34.2 Å². The molecule has 0 spiro atoms. The minimum absolute atomic E-state index is 0.296. The first-order chi connectivity index (χ1) is 22.3. The number of carbonyl (C=O) groups excluding carboxylic acids is 2. The summed E-state index contributed by atoms with van der Waals surface area (Å²) in [5.74, 6) is -0.530. The third-order valence-electron chi connectivity index (χ3n) is 8.43. The van der Waals surface area contributed by atoms with E-state index in [0.29, 0.717) is 43.2 Å². The highest BCUT2D eigenvalue weighted by molar-refractivity contribution is 5.98. The third kappa shape index (κ3) is 6.74. The molecule has 46 heavy (non-hydrogen) atoms. The molecule has 2 aromatic heterocycles. The molecule has 3 amide bonds. The van der Waals surface area contributed by atoms with Crippen molar-refractivity contribution in [1.29, 1.82) is 0 Å². The summed E-state index contributed by atoms with van der Waals surface area (Å²) in [6, 6.07) is 19.1. The van der Waals surface area contributed by atoms with Gasteiger partial charge in [0.15, 0.2) is 12.2 Å². The number of aromatic nitrogens is 2. The fraction of sp³-hybridized carbons (Fsp3) is 0.286. The van der Waals surface area contributed by atoms with E-state index in [9.17, 15) is 14.0 Å². The van der Waals surface area contributed by atoms with Crippen LogP contribution < -0.4 is 15.5 Å². The van der Waals surface area contributed by atoms with E-state index in [-0.39, 0.29) is 23.7 Å². The third-order valence-corrected chi connectivity index (χ3v) is 8.43. The minimum Gasteiger partial charge on any atom is -0.443 e. The maximum Gasteiger partial charge on any atom is 0.318 e. The van der Waals surface area contributed by atoms with Gasteiger partial charge in [-0.3, -0.25) is 4.79 Å². The molecule has 0 bridgehead atoms. The van der Waals surface area contributed by atoms with Crippen LogP contribution in [0.3, 0.4) is 0 Å². The van der Waals surface area contributed by atoms with Gasteiger partial charge >= 0.3 is 6.03 Å². The molecule has 3 heterocycles. The number of aromatic amines is 1. The second-order valence-corrected chi connectivity index (χ2v) is 11.9. The number of oxazole rings is 1. The molecule has 0 saturated carbocycles. The Hall–Kier alpha value is -5.16. The van der Waals surface area contributed by atoms with Crippen molar-refractivity contribution in [2.75, 3.05) is 50.5 Å². The molecule has 1 saturated heterocycles. The fourth-order valence-electron chi connectivity index (χ4n) is 6.11. The molecule has 0 unspecified atom stereocenters. The number of carbonyl (C=O) groups is 2. The molecule has 1 aliphatic rings. The second kappa shape index (κ2) is 13.5. The Morgan fingerprint density at radius 1 is 1.04 bits per heavy atom. The zero-order valence-electron chi connectivity index (χ0n) is 26.2. The summed E-state index contributed by atoms with van der Waals surface area (Å²) >= 11 is 0. The molecule has 0 radical (unpaired) electrons. The van der Waals surface area contributed by atoms with E-state index in [1.54, 1.807) is 17.2 Å². The Balaban J connectivity index is 1.19. The van der Waals surface area contributed by atoms with Gasteiger partial charge in [-0.15, -0.1) is 0 Å². The SMILES string of the molecule is C[C@@H](c1c[nH]c2ccccc12)[C@@H](NC(=O)N1CCN(c2ccc(F)cc2-c2cnco2)CC1)C(=O)Nc1cccc(CN(C)C)c1. The molecule has 1 aliphatic heterocycles. The Morgan fingerprint density at radius 3 is 2.61 bits per heavy atom. The lowest BCUT2D eigenvalue weighted by Crippen LogP contribution is -2.56. The molecular formula is C35H38FN7O3. The number of anilines is 2. The maximum atomic E-state index is 14.1. The molecule has 2 atom stereocenters. The van der Waals surface area contributed by atoms with E-state index in [0.717, 1.165) is 34.3 Å². The Labute approximate surface area is 267 Å². The van der Waals surface area contributed by atoms with Crippen LogP contribution in [0, 0.1) is 5.82 Å². The molecule has 10 nitrogen and oxygen atoms in total. The van der Waals surface area contributed by atoms with Gasteiger partial charge in [0.2, 0.25) is 5.91 Å². The second-order valence-electron chi connectivity index (χ2n) is 11.9. The number of urea groups is 1. The largest absolute Gasteiger partial charge is 0.443 e. The molecule has 11 heteroatoms. The number of hydrogen-bond donors (Lipinski definition) is 3. The number of hydrogen-bond acceptors (Lipinski definition) is 6. The first kappa shape index (κ1) is 30.8. The predicted octanol–water partition coefficient (Wildman–Crippen LogP) is 5.67. The van der Waals surface area contributed by atoms with Crippen molar-refractivity contribution in [3.05, 3.63) is 102 Å². The fourth-order valence-corrected chi connectivity index (χ4v) is 6.11. The Morgan fingerprint density at radius 2 is 1.85 bits per heavy atom. The van der Waals surface area contributed by atoms with Gasteiger partial charge in [0.1, 0.15) is 11.9 Å². The van der Waals surface area contributed by atoms with Gasteiger partial charge in [-0.1, -0.05) is 37.3 Å². The number of H-pyrrole nitrogens is 1. The van der Waals surface area contributed by atoms with E-state index in [4.69, 9.17) is 4.42 Å². The van der Waals surface area contributed by atoms with E-state index in [1.165, 1.54) is 18.5 Å². The first-order valence-electron chi connectivity index (χ1n) is 15.4. The van der Waals surface area contributed by atoms with Gasteiger partial charge in [0, 0.05) is 72.7 Å². The summed E-state index contributed by atoms with van der Waals surface area (Å²) in [7, 11) is 3.99. The number of rotatable bonds is 9. The van der Waals surface area contributed by atoms with Crippen LogP contribution in [0.1, 0.15) is 24.0 Å². The average molecular weight is 624 g/mol. The number of amides is 3. The number of piperazine rings is 1. The highest BCUT2D eigenvalue weighted by Gasteiger charge is 2.32. The van der Waals surface area contributed by atoms with E-state index < -0.39 is 6.04 Å². The number of nitrogens with zero attached hydrogens (tertiary/aromatic N) is 4. The lowest BCUT2D eigenvalue weighted by Gasteiger charge is -2.37. The quantitative estimate of drug-likeness (QED) is 0.195. The van der Waals surface area contributed by atoms with Crippen LogP contribution in [0.4, 0.5) is 20.6 Å². The number of nitrogens with one attached hydrogen (secondary N) is 3. The molecule has 5 aromatic rings. The number of benzene rings is 3. The van der Waals surface area contributed by atoms with Crippen molar-refractivity contribution in [3.8, 4) is 11.3 Å².